The van der Waals surface area contributed by atoms with Crippen LogP contribution in [0.15, 0.2) is 24.5 Å². The number of halogens is 1. The Kier molecular flexibility index (Phi) is 5.44. The van der Waals surface area contributed by atoms with E-state index in [1.807, 2.05) is 0 Å². The first-order chi connectivity index (χ1) is 11.2. The molecule has 134 valence electrons. The summed E-state index contributed by atoms with van der Waals surface area (Å²) in [5.41, 5.74) is 1.88. The molecule has 4 aliphatic carbocycles. The van der Waals surface area contributed by atoms with Crippen molar-refractivity contribution in [1.29, 1.82) is 0 Å². The summed E-state index contributed by atoms with van der Waals surface area (Å²) in [5, 5.41) is 0. The summed E-state index contributed by atoms with van der Waals surface area (Å²) in [6.45, 7) is 6.91. The molecule has 0 saturated heterocycles. The van der Waals surface area contributed by atoms with E-state index in [-0.39, 0.29) is 12.4 Å². The molecule has 4 bridgehead atoms. The van der Waals surface area contributed by atoms with E-state index in [4.69, 9.17) is 0 Å². The highest BCUT2D eigenvalue weighted by Gasteiger charge is 2.56. The van der Waals surface area contributed by atoms with Crippen LogP contribution in [0.25, 0.3) is 0 Å². The Hall–Kier alpha value is -0.760. The second-order valence-electron chi connectivity index (χ2n) is 8.59. The van der Waals surface area contributed by atoms with Gasteiger partial charge in [0.2, 0.25) is 0 Å². The van der Waals surface area contributed by atoms with E-state index in [0.29, 0.717) is 5.54 Å². The second-order valence-corrected chi connectivity index (χ2v) is 8.59. The molecular weight excluding hydrogens is 316 g/mol. The zero-order valence-electron chi connectivity index (χ0n) is 15.4. The molecule has 0 amide bonds. The average Bonchev–Trinajstić information content (AvgIpc) is 2.54. The van der Waals surface area contributed by atoms with Crippen LogP contribution in [0.5, 0.6) is 0 Å². The lowest BCUT2D eigenvalue weighted by molar-refractivity contribution is -0.776. The van der Waals surface area contributed by atoms with Crippen LogP contribution in [0.1, 0.15) is 65.2 Å². The Morgan fingerprint density at radius 3 is 1.79 bits per heavy atom. The third kappa shape index (κ3) is 3.19. The van der Waals surface area contributed by atoms with Crippen LogP contribution in [-0.2, 0) is 5.54 Å². The van der Waals surface area contributed by atoms with E-state index < -0.39 is 0 Å². The van der Waals surface area contributed by atoms with Crippen molar-refractivity contribution >= 4 is 5.69 Å². The molecule has 3 heteroatoms. The molecule has 1 heterocycles. The summed E-state index contributed by atoms with van der Waals surface area (Å²) in [6, 6.07) is 4.76. The first-order valence-corrected chi connectivity index (χ1v) is 9.99. The highest BCUT2D eigenvalue weighted by atomic mass is 35.5. The van der Waals surface area contributed by atoms with Gasteiger partial charge in [0.25, 0.3) is 0 Å². The number of nitrogens with zero attached hydrogens (tertiary/aromatic N) is 2. The molecule has 0 spiro atoms. The Morgan fingerprint density at radius 1 is 0.917 bits per heavy atom. The fourth-order valence-electron chi connectivity index (χ4n) is 6.24. The number of rotatable bonds is 6. The molecule has 4 fully saturated rings. The molecule has 0 aliphatic heterocycles. The fourth-order valence-corrected chi connectivity index (χ4v) is 6.24. The topological polar surface area (TPSA) is 7.12 Å². The molecule has 0 aromatic carbocycles. The third-order valence-corrected chi connectivity index (χ3v) is 6.72. The highest BCUT2D eigenvalue weighted by molar-refractivity contribution is 5.43. The summed E-state index contributed by atoms with van der Waals surface area (Å²) in [4.78, 5) is 2.55. The normalized spacial score (nSPS) is 33.3. The first-order valence-electron chi connectivity index (χ1n) is 9.99. The summed E-state index contributed by atoms with van der Waals surface area (Å²) in [6.07, 6.45) is 16.2. The number of hydrogen-bond acceptors (Lipinski definition) is 1. The lowest BCUT2D eigenvalue weighted by atomic mass is 9.53. The number of anilines is 1. The van der Waals surface area contributed by atoms with Gasteiger partial charge in [0, 0.05) is 50.2 Å². The standard InChI is InChI=1S/C21H33N2.ClH/c1-3-7-22(8-4-2)20-5-9-23(10-6-20)21-14-17-11-18(15-21)13-19(12-17)16-21;/h5-6,9-10,17-19H,3-4,7-8,11-16H2,1-2H3;1H/q+1;/p-1. The van der Waals surface area contributed by atoms with Crippen molar-refractivity contribution in [1.82, 2.24) is 0 Å². The largest absolute Gasteiger partial charge is 1.00 e. The van der Waals surface area contributed by atoms with E-state index in [1.54, 1.807) is 0 Å². The first kappa shape index (κ1) is 18.0. The van der Waals surface area contributed by atoms with E-state index in [9.17, 15) is 0 Å². The smallest absolute Gasteiger partial charge is 0.171 e. The van der Waals surface area contributed by atoms with Crippen LogP contribution in [0.3, 0.4) is 0 Å². The van der Waals surface area contributed by atoms with Crippen LogP contribution in [0.2, 0.25) is 0 Å². The summed E-state index contributed by atoms with van der Waals surface area (Å²) >= 11 is 0. The Labute approximate surface area is 154 Å². The van der Waals surface area contributed by atoms with Crippen LogP contribution < -0.4 is 21.9 Å². The van der Waals surface area contributed by atoms with Crippen molar-refractivity contribution in [3.05, 3.63) is 24.5 Å². The Morgan fingerprint density at radius 2 is 1.38 bits per heavy atom. The van der Waals surface area contributed by atoms with Gasteiger partial charge >= 0.3 is 0 Å². The molecule has 5 rings (SSSR count). The molecular formula is C21H33ClN2. The van der Waals surface area contributed by atoms with Gasteiger partial charge in [0.15, 0.2) is 17.9 Å². The van der Waals surface area contributed by atoms with Gasteiger partial charge in [-0.25, -0.2) is 0 Å². The van der Waals surface area contributed by atoms with Crippen molar-refractivity contribution in [2.75, 3.05) is 18.0 Å². The lowest BCUT2D eigenvalue weighted by Gasteiger charge is -2.53. The van der Waals surface area contributed by atoms with Crippen molar-refractivity contribution in [2.45, 2.75) is 70.8 Å². The predicted molar refractivity (Wildman–Crippen MR) is 95.6 cm³/mol. The lowest BCUT2D eigenvalue weighted by Crippen LogP contribution is -3.00. The van der Waals surface area contributed by atoms with Crippen LogP contribution in [0, 0.1) is 17.8 Å². The zero-order chi connectivity index (χ0) is 15.9. The maximum absolute atomic E-state index is 2.61. The maximum Gasteiger partial charge on any atom is 0.171 e. The molecule has 1 aromatic heterocycles. The monoisotopic (exact) mass is 348 g/mol. The molecule has 0 unspecified atom stereocenters. The number of aromatic nitrogens is 1. The minimum Gasteiger partial charge on any atom is -1.00 e. The number of hydrogen-bond donors (Lipinski definition) is 0. The van der Waals surface area contributed by atoms with E-state index >= 15 is 0 Å². The van der Waals surface area contributed by atoms with Gasteiger partial charge < -0.3 is 17.3 Å². The minimum absolute atomic E-state index is 0. The summed E-state index contributed by atoms with van der Waals surface area (Å²) in [5.74, 6) is 3.06. The Balaban J connectivity index is 0.00000169. The van der Waals surface area contributed by atoms with E-state index in [1.165, 1.54) is 70.1 Å². The van der Waals surface area contributed by atoms with Gasteiger partial charge in [-0.3, -0.25) is 0 Å². The summed E-state index contributed by atoms with van der Waals surface area (Å²) in [7, 11) is 0. The molecule has 0 N–H and O–H groups in total. The van der Waals surface area contributed by atoms with Gasteiger partial charge in [-0.05, 0) is 49.9 Å². The quantitative estimate of drug-likeness (QED) is 0.707. The molecule has 2 nitrogen and oxygen atoms in total. The SMILES string of the molecule is CCCN(CCC)c1cc[n+](C23CC4CC(CC(C4)C2)C3)cc1.[Cl-]. The molecule has 4 saturated carbocycles. The van der Waals surface area contributed by atoms with Crippen molar-refractivity contribution in [3.8, 4) is 0 Å². The van der Waals surface area contributed by atoms with Crippen LogP contribution >= 0.6 is 0 Å². The van der Waals surface area contributed by atoms with E-state index in [2.05, 4.69) is 47.8 Å². The molecule has 0 radical (unpaired) electrons. The average molecular weight is 349 g/mol. The van der Waals surface area contributed by atoms with Crippen LogP contribution in [-0.4, -0.2) is 13.1 Å². The van der Waals surface area contributed by atoms with Gasteiger partial charge in [-0.15, -0.1) is 0 Å². The highest BCUT2D eigenvalue weighted by Crippen LogP contribution is 2.56. The van der Waals surface area contributed by atoms with Gasteiger partial charge in [-0.2, -0.15) is 4.57 Å². The molecule has 0 atom stereocenters. The van der Waals surface area contributed by atoms with Crippen LogP contribution in [0.4, 0.5) is 5.69 Å². The fraction of sp³-hybridized carbons (Fsp3) is 0.762. The van der Waals surface area contributed by atoms with Gasteiger partial charge in [0.1, 0.15) is 0 Å². The molecule has 4 aliphatic rings. The molecule has 1 aromatic rings. The zero-order valence-corrected chi connectivity index (χ0v) is 16.1. The predicted octanol–water partition coefficient (Wildman–Crippen LogP) is 1.53. The number of pyridine rings is 1. The summed E-state index contributed by atoms with van der Waals surface area (Å²) < 4.78 is 2.61. The van der Waals surface area contributed by atoms with Gasteiger partial charge in [0.05, 0.1) is 0 Å². The maximum atomic E-state index is 2.61. The van der Waals surface area contributed by atoms with Gasteiger partial charge in [-0.1, -0.05) is 13.8 Å². The van der Waals surface area contributed by atoms with Crippen molar-refractivity contribution in [3.63, 3.8) is 0 Å². The van der Waals surface area contributed by atoms with Crippen molar-refractivity contribution in [2.24, 2.45) is 17.8 Å². The third-order valence-electron chi connectivity index (χ3n) is 6.72. The molecule has 24 heavy (non-hydrogen) atoms. The second kappa shape index (κ2) is 7.23. The van der Waals surface area contributed by atoms with Crippen molar-refractivity contribution < 1.29 is 17.0 Å². The minimum atomic E-state index is 0. The Bertz CT molecular complexity index is 498. The van der Waals surface area contributed by atoms with E-state index in [0.717, 1.165) is 17.8 Å².